The van der Waals surface area contributed by atoms with Crippen LogP contribution in [0.1, 0.15) is 30.7 Å². The van der Waals surface area contributed by atoms with Crippen LogP contribution in [0.3, 0.4) is 0 Å². The Bertz CT molecular complexity index is 460. The van der Waals surface area contributed by atoms with Crippen molar-refractivity contribution in [3.63, 3.8) is 0 Å². The summed E-state index contributed by atoms with van der Waals surface area (Å²) in [7, 11) is 0. The van der Waals surface area contributed by atoms with E-state index >= 15 is 0 Å². The number of hydrogen-bond acceptors (Lipinski definition) is 5. The summed E-state index contributed by atoms with van der Waals surface area (Å²) in [6.07, 6.45) is 3.34. The van der Waals surface area contributed by atoms with E-state index in [9.17, 15) is 5.11 Å². The number of piperidine rings is 1. The third kappa shape index (κ3) is 2.95. The van der Waals surface area contributed by atoms with Gasteiger partial charge in [-0.25, -0.2) is 0 Å². The molecule has 0 aromatic carbocycles. The van der Waals surface area contributed by atoms with E-state index < -0.39 is 0 Å². The minimum Gasteiger partial charge on any atom is -0.506 e. The average molecular weight is 278 g/mol. The molecule has 0 saturated carbocycles. The largest absolute Gasteiger partial charge is 0.506 e. The molecule has 3 heterocycles. The minimum atomic E-state index is -0.123. The van der Waals surface area contributed by atoms with Gasteiger partial charge in [0.15, 0.2) is 6.29 Å². The van der Waals surface area contributed by atoms with Gasteiger partial charge in [0.1, 0.15) is 5.75 Å². The van der Waals surface area contributed by atoms with Crippen LogP contribution in [-0.4, -0.2) is 47.1 Å². The van der Waals surface area contributed by atoms with Gasteiger partial charge in [0.05, 0.1) is 24.9 Å². The molecule has 0 spiro atoms. The summed E-state index contributed by atoms with van der Waals surface area (Å²) in [5.74, 6) is 0.271. The van der Waals surface area contributed by atoms with Crippen molar-refractivity contribution >= 4 is 0 Å². The van der Waals surface area contributed by atoms with Crippen LogP contribution in [0.5, 0.6) is 5.75 Å². The van der Waals surface area contributed by atoms with E-state index in [2.05, 4.69) is 9.88 Å². The van der Waals surface area contributed by atoms with Crippen LogP contribution < -0.4 is 0 Å². The van der Waals surface area contributed by atoms with Crippen molar-refractivity contribution in [1.82, 2.24) is 9.88 Å². The fourth-order valence-electron chi connectivity index (χ4n) is 3.03. The first-order valence-electron chi connectivity index (χ1n) is 7.37. The van der Waals surface area contributed by atoms with Crippen LogP contribution in [-0.2, 0) is 16.0 Å². The molecule has 0 radical (unpaired) electrons. The standard InChI is InChI=1S/C15H22N2O3/c1-11-5-6-14(18)12(16-11)10-17-7-3-2-4-13(17)15-19-8-9-20-15/h5-6,13,15,18H,2-4,7-10H2,1H3/t13-/m0/s1. The fourth-order valence-corrected chi connectivity index (χ4v) is 3.03. The van der Waals surface area contributed by atoms with Crippen LogP contribution in [0.25, 0.3) is 0 Å². The number of ether oxygens (including phenoxy) is 2. The number of aromatic nitrogens is 1. The van der Waals surface area contributed by atoms with Gasteiger partial charge in [-0.1, -0.05) is 6.42 Å². The van der Waals surface area contributed by atoms with E-state index in [-0.39, 0.29) is 18.1 Å². The lowest BCUT2D eigenvalue weighted by Crippen LogP contribution is -2.46. The van der Waals surface area contributed by atoms with E-state index in [1.807, 2.05) is 13.0 Å². The van der Waals surface area contributed by atoms with Crippen molar-refractivity contribution < 1.29 is 14.6 Å². The highest BCUT2D eigenvalue weighted by Crippen LogP contribution is 2.27. The van der Waals surface area contributed by atoms with Gasteiger partial charge in [0.2, 0.25) is 0 Å². The Labute approximate surface area is 119 Å². The van der Waals surface area contributed by atoms with Gasteiger partial charge in [-0.15, -0.1) is 0 Å². The van der Waals surface area contributed by atoms with Crippen LogP contribution in [0, 0.1) is 6.92 Å². The van der Waals surface area contributed by atoms with Crippen LogP contribution in [0.2, 0.25) is 0 Å². The first kappa shape index (κ1) is 13.8. The lowest BCUT2D eigenvalue weighted by atomic mass is 10.0. The van der Waals surface area contributed by atoms with E-state index in [0.717, 1.165) is 24.4 Å². The van der Waals surface area contributed by atoms with Gasteiger partial charge >= 0.3 is 0 Å². The molecule has 0 amide bonds. The van der Waals surface area contributed by atoms with Crippen molar-refractivity contribution in [1.29, 1.82) is 0 Å². The highest BCUT2D eigenvalue weighted by atomic mass is 16.7. The Balaban J connectivity index is 1.74. The molecular weight excluding hydrogens is 256 g/mol. The van der Waals surface area contributed by atoms with Gasteiger partial charge < -0.3 is 14.6 Å². The molecule has 2 aliphatic heterocycles. The quantitative estimate of drug-likeness (QED) is 0.914. The smallest absolute Gasteiger partial charge is 0.173 e. The third-order valence-electron chi connectivity index (χ3n) is 4.07. The maximum atomic E-state index is 9.97. The fraction of sp³-hybridized carbons (Fsp3) is 0.667. The van der Waals surface area contributed by atoms with E-state index in [1.165, 1.54) is 12.8 Å². The topological polar surface area (TPSA) is 54.8 Å². The summed E-state index contributed by atoms with van der Waals surface area (Å²) >= 11 is 0. The molecule has 110 valence electrons. The summed E-state index contributed by atoms with van der Waals surface area (Å²) < 4.78 is 11.3. The second-order valence-corrected chi connectivity index (χ2v) is 5.56. The summed E-state index contributed by atoms with van der Waals surface area (Å²) in [4.78, 5) is 6.79. The Hall–Kier alpha value is -1.17. The van der Waals surface area contributed by atoms with Crippen LogP contribution in [0.4, 0.5) is 0 Å². The zero-order valence-electron chi connectivity index (χ0n) is 11.9. The van der Waals surface area contributed by atoms with Crippen molar-refractivity contribution in [2.45, 2.75) is 45.1 Å². The molecule has 2 aliphatic rings. The predicted octanol–water partition coefficient (Wildman–Crippen LogP) is 1.82. The maximum Gasteiger partial charge on any atom is 0.173 e. The Morgan fingerprint density at radius 1 is 1.30 bits per heavy atom. The normalized spacial score (nSPS) is 25.1. The predicted molar refractivity (Wildman–Crippen MR) is 74.4 cm³/mol. The van der Waals surface area contributed by atoms with E-state index in [0.29, 0.717) is 19.8 Å². The monoisotopic (exact) mass is 278 g/mol. The third-order valence-corrected chi connectivity index (χ3v) is 4.07. The summed E-state index contributed by atoms with van der Waals surface area (Å²) in [5, 5.41) is 9.97. The minimum absolute atomic E-state index is 0.123. The molecule has 2 fully saturated rings. The molecule has 1 aromatic heterocycles. The maximum absolute atomic E-state index is 9.97. The van der Waals surface area contributed by atoms with Crippen molar-refractivity contribution in [2.24, 2.45) is 0 Å². The molecule has 1 N–H and O–H groups in total. The highest BCUT2D eigenvalue weighted by Gasteiger charge is 2.34. The average Bonchev–Trinajstić information content (AvgIpc) is 2.97. The zero-order valence-corrected chi connectivity index (χ0v) is 11.9. The van der Waals surface area contributed by atoms with Gasteiger partial charge in [0.25, 0.3) is 0 Å². The van der Waals surface area contributed by atoms with Crippen LogP contribution in [0.15, 0.2) is 12.1 Å². The molecule has 5 heteroatoms. The van der Waals surface area contributed by atoms with Crippen molar-refractivity contribution in [3.8, 4) is 5.75 Å². The lowest BCUT2D eigenvalue weighted by molar-refractivity contribution is -0.111. The van der Waals surface area contributed by atoms with E-state index in [4.69, 9.17) is 9.47 Å². The number of aromatic hydroxyl groups is 1. The number of hydrogen-bond donors (Lipinski definition) is 1. The summed E-state index contributed by atoms with van der Waals surface area (Å²) in [5.41, 5.74) is 1.68. The second-order valence-electron chi connectivity index (χ2n) is 5.56. The Kier molecular flexibility index (Phi) is 4.19. The first-order valence-corrected chi connectivity index (χ1v) is 7.37. The first-order chi connectivity index (χ1) is 9.74. The molecule has 0 bridgehead atoms. The molecule has 0 unspecified atom stereocenters. The molecule has 2 saturated heterocycles. The van der Waals surface area contributed by atoms with E-state index in [1.54, 1.807) is 6.07 Å². The lowest BCUT2D eigenvalue weighted by Gasteiger charge is -2.37. The molecule has 20 heavy (non-hydrogen) atoms. The molecule has 5 nitrogen and oxygen atoms in total. The van der Waals surface area contributed by atoms with Crippen LogP contribution >= 0.6 is 0 Å². The molecule has 0 aliphatic carbocycles. The van der Waals surface area contributed by atoms with Crippen molar-refractivity contribution in [2.75, 3.05) is 19.8 Å². The molecule has 1 atom stereocenters. The molecule has 3 rings (SSSR count). The number of aryl methyl sites for hydroxylation is 1. The second kappa shape index (κ2) is 6.08. The van der Waals surface area contributed by atoms with Gasteiger partial charge in [-0.3, -0.25) is 9.88 Å². The number of rotatable bonds is 3. The van der Waals surface area contributed by atoms with Gasteiger partial charge in [-0.05, 0) is 38.4 Å². The van der Waals surface area contributed by atoms with Crippen molar-refractivity contribution in [3.05, 3.63) is 23.5 Å². The number of pyridine rings is 1. The summed E-state index contributed by atoms with van der Waals surface area (Å²) in [6.45, 7) is 4.97. The zero-order chi connectivity index (χ0) is 13.9. The number of likely N-dealkylation sites (tertiary alicyclic amines) is 1. The molecular formula is C15H22N2O3. The molecule has 1 aromatic rings. The summed E-state index contributed by atoms with van der Waals surface area (Å²) in [6, 6.07) is 3.82. The van der Waals surface area contributed by atoms with Gasteiger partial charge in [0, 0.05) is 12.2 Å². The Morgan fingerprint density at radius 3 is 2.90 bits per heavy atom. The Morgan fingerprint density at radius 2 is 2.10 bits per heavy atom. The number of nitrogens with zero attached hydrogens (tertiary/aromatic N) is 2. The van der Waals surface area contributed by atoms with Gasteiger partial charge in [-0.2, -0.15) is 0 Å². The highest BCUT2D eigenvalue weighted by molar-refractivity contribution is 5.27. The SMILES string of the molecule is Cc1ccc(O)c(CN2CCCC[C@H]2C2OCCO2)n1.